The van der Waals surface area contributed by atoms with Crippen LogP contribution >= 0.6 is 0 Å². The Morgan fingerprint density at radius 2 is 1.33 bits per heavy atom. The van der Waals surface area contributed by atoms with Gasteiger partial charge in [-0.15, -0.1) is 0 Å². The molecule has 0 spiro atoms. The Hall–Kier alpha value is -3.93. The van der Waals surface area contributed by atoms with E-state index in [0.29, 0.717) is 11.1 Å². The van der Waals surface area contributed by atoms with Crippen LogP contribution in [0, 0.1) is 5.92 Å². The average Bonchev–Trinajstić information content (AvgIpc) is 3.09. The van der Waals surface area contributed by atoms with E-state index in [0.717, 1.165) is 10.5 Å². The maximum atomic E-state index is 13.7. The summed E-state index contributed by atoms with van der Waals surface area (Å²) < 4.78 is 0. The fraction of sp³-hybridized carbons (Fsp3) is 0.222. The third-order valence-electron chi connectivity index (χ3n) is 5.96. The van der Waals surface area contributed by atoms with Crippen molar-refractivity contribution in [2.45, 2.75) is 25.4 Å². The zero-order chi connectivity index (χ0) is 23.4. The van der Waals surface area contributed by atoms with E-state index in [4.69, 9.17) is 0 Å². The molecule has 1 aliphatic rings. The average molecular weight is 442 g/mol. The molecule has 0 bridgehead atoms. The van der Waals surface area contributed by atoms with Gasteiger partial charge >= 0.3 is 6.03 Å². The van der Waals surface area contributed by atoms with Gasteiger partial charge in [-0.2, -0.15) is 0 Å². The van der Waals surface area contributed by atoms with Gasteiger partial charge in [-0.25, -0.2) is 4.79 Å². The molecule has 0 saturated carbocycles. The highest BCUT2D eigenvalue weighted by Crippen LogP contribution is 2.36. The molecule has 1 heterocycles. The van der Waals surface area contributed by atoms with Gasteiger partial charge < -0.3 is 10.6 Å². The maximum absolute atomic E-state index is 13.7. The molecular weight excluding hydrogens is 414 g/mol. The van der Waals surface area contributed by atoms with Crippen LogP contribution in [-0.2, 0) is 15.1 Å². The molecule has 6 heteroatoms. The number of rotatable bonds is 7. The van der Waals surface area contributed by atoms with Gasteiger partial charge in [0, 0.05) is 0 Å². The molecule has 1 unspecified atom stereocenters. The summed E-state index contributed by atoms with van der Waals surface area (Å²) in [5, 5.41) is 5.87. The van der Waals surface area contributed by atoms with Crippen LogP contribution in [-0.4, -0.2) is 29.3 Å². The quantitative estimate of drug-likeness (QED) is 0.544. The number of amides is 4. The fourth-order valence-corrected chi connectivity index (χ4v) is 4.31. The molecule has 168 valence electrons. The number of imide groups is 1. The molecule has 1 saturated heterocycles. The second kappa shape index (κ2) is 9.28. The van der Waals surface area contributed by atoms with Crippen molar-refractivity contribution in [2.24, 2.45) is 5.92 Å². The normalized spacial score (nSPS) is 15.9. The lowest BCUT2D eigenvalue weighted by molar-refractivity contribution is -0.134. The van der Waals surface area contributed by atoms with E-state index >= 15 is 0 Å². The van der Waals surface area contributed by atoms with E-state index in [9.17, 15) is 14.4 Å². The minimum Gasteiger partial charge on any atom is -0.347 e. The van der Waals surface area contributed by atoms with E-state index in [1.54, 1.807) is 24.3 Å². The molecule has 1 fully saturated rings. The molecule has 0 aromatic heterocycles. The SMILES string of the molecule is CC(C)C(NC(=O)CN1C(=O)NC(c2ccccc2)(c2ccccc2)C1=O)c1ccccc1. The standard InChI is InChI=1S/C27H27N3O3/c1-19(2)24(20-12-6-3-7-13-20)28-23(31)18-30-25(32)27(29-26(30)33,21-14-8-4-9-15-21)22-16-10-5-11-17-22/h3-17,19,24H,18H2,1-2H3,(H,28,31)(H,29,33). The molecule has 2 N–H and O–H groups in total. The summed E-state index contributed by atoms with van der Waals surface area (Å²) in [6.45, 7) is 3.67. The summed E-state index contributed by atoms with van der Waals surface area (Å²) in [5.74, 6) is -0.731. The third kappa shape index (κ3) is 4.24. The largest absolute Gasteiger partial charge is 0.347 e. The molecule has 3 aromatic rings. The summed E-state index contributed by atoms with van der Waals surface area (Å²) in [4.78, 5) is 40.7. The van der Waals surface area contributed by atoms with Gasteiger partial charge in [-0.1, -0.05) is 105 Å². The van der Waals surface area contributed by atoms with Crippen LogP contribution in [0.4, 0.5) is 4.79 Å². The maximum Gasteiger partial charge on any atom is 0.326 e. The van der Waals surface area contributed by atoms with Crippen molar-refractivity contribution in [3.05, 3.63) is 108 Å². The number of benzene rings is 3. The lowest BCUT2D eigenvalue weighted by Crippen LogP contribution is -2.46. The van der Waals surface area contributed by atoms with Crippen LogP contribution < -0.4 is 10.6 Å². The molecule has 4 rings (SSSR count). The molecule has 1 aliphatic heterocycles. The van der Waals surface area contributed by atoms with Crippen molar-refractivity contribution >= 4 is 17.8 Å². The first-order valence-corrected chi connectivity index (χ1v) is 11.0. The Morgan fingerprint density at radius 1 is 0.848 bits per heavy atom. The summed E-state index contributed by atoms with van der Waals surface area (Å²) in [6, 6.07) is 27.0. The predicted octanol–water partition coefficient (Wildman–Crippen LogP) is 4.00. The van der Waals surface area contributed by atoms with E-state index in [1.165, 1.54) is 0 Å². The molecule has 0 aliphatic carbocycles. The van der Waals surface area contributed by atoms with Gasteiger partial charge in [-0.05, 0) is 22.6 Å². The van der Waals surface area contributed by atoms with Crippen molar-refractivity contribution in [3.63, 3.8) is 0 Å². The lowest BCUT2D eigenvalue weighted by Gasteiger charge is -2.28. The zero-order valence-corrected chi connectivity index (χ0v) is 18.7. The van der Waals surface area contributed by atoms with Gasteiger partial charge in [0.25, 0.3) is 5.91 Å². The van der Waals surface area contributed by atoms with Gasteiger partial charge in [0.15, 0.2) is 5.54 Å². The minimum absolute atomic E-state index is 0.132. The molecule has 0 radical (unpaired) electrons. The highest BCUT2D eigenvalue weighted by atomic mass is 16.2. The molecule has 4 amide bonds. The fourth-order valence-electron chi connectivity index (χ4n) is 4.31. The Balaban J connectivity index is 1.61. The van der Waals surface area contributed by atoms with Crippen LogP contribution in [0.15, 0.2) is 91.0 Å². The van der Waals surface area contributed by atoms with E-state index in [-0.39, 0.29) is 18.5 Å². The van der Waals surface area contributed by atoms with Crippen molar-refractivity contribution in [3.8, 4) is 0 Å². The molecule has 1 atom stereocenters. The number of nitrogens with one attached hydrogen (secondary N) is 2. The van der Waals surface area contributed by atoms with Crippen molar-refractivity contribution < 1.29 is 14.4 Å². The van der Waals surface area contributed by atoms with Crippen LogP contribution in [0.5, 0.6) is 0 Å². The smallest absolute Gasteiger partial charge is 0.326 e. The predicted molar refractivity (Wildman–Crippen MR) is 126 cm³/mol. The van der Waals surface area contributed by atoms with Crippen molar-refractivity contribution in [1.29, 1.82) is 0 Å². The molecule has 3 aromatic carbocycles. The van der Waals surface area contributed by atoms with Crippen LogP contribution in [0.2, 0.25) is 0 Å². The first-order valence-electron chi connectivity index (χ1n) is 11.0. The Kier molecular flexibility index (Phi) is 6.27. The summed E-state index contributed by atoms with van der Waals surface area (Å²) in [7, 11) is 0. The van der Waals surface area contributed by atoms with Crippen molar-refractivity contribution in [2.75, 3.05) is 6.54 Å². The van der Waals surface area contributed by atoms with Crippen molar-refractivity contribution in [1.82, 2.24) is 15.5 Å². The second-order valence-corrected chi connectivity index (χ2v) is 8.50. The first-order chi connectivity index (χ1) is 15.9. The van der Waals surface area contributed by atoms with Gasteiger partial charge in [0.1, 0.15) is 6.54 Å². The molecule has 6 nitrogen and oxygen atoms in total. The summed E-state index contributed by atoms with van der Waals surface area (Å²) >= 11 is 0. The van der Waals surface area contributed by atoms with E-state index in [1.807, 2.05) is 80.6 Å². The van der Waals surface area contributed by atoms with E-state index in [2.05, 4.69) is 10.6 Å². The number of urea groups is 1. The molecular formula is C27H27N3O3. The number of carbonyl (C=O) groups is 3. The Morgan fingerprint density at radius 3 is 1.82 bits per heavy atom. The number of carbonyl (C=O) groups excluding carboxylic acids is 3. The minimum atomic E-state index is -1.38. The van der Waals surface area contributed by atoms with Crippen LogP contribution in [0.1, 0.15) is 36.6 Å². The molecule has 33 heavy (non-hydrogen) atoms. The topological polar surface area (TPSA) is 78.5 Å². The van der Waals surface area contributed by atoms with Gasteiger partial charge in [-0.3, -0.25) is 14.5 Å². The van der Waals surface area contributed by atoms with Gasteiger partial charge in [0.05, 0.1) is 6.04 Å². The zero-order valence-electron chi connectivity index (χ0n) is 18.7. The second-order valence-electron chi connectivity index (χ2n) is 8.50. The lowest BCUT2D eigenvalue weighted by atomic mass is 9.82. The van der Waals surface area contributed by atoms with Gasteiger partial charge in [0.2, 0.25) is 5.91 Å². The Labute approximate surface area is 193 Å². The van der Waals surface area contributed by atoms with Crippen LogP contribution in [0.25, 0.3) is 0 Å². The Bertz CT molecular complexity index is 1090. The monoisotopic (exact) mass is 441 g/mol. The van der Waals surface area contributed by atoms with Crippen LogP contribution in [0.3, 0.4) is 0 Å². The third-order valence-corrected chi connectivity index (χ3v) is 5.96. The van der Waals surface area contributed by atoms with E-state index < -0.39 is 23.4 Å². The number of nitrogens with zero attached hydrogens (tertiary/aromatic N) is 1. The summed E-state index contributed by atoms with van der Waals surface area (Å²) in [6.07, 6.45) is 0. The number of hydrogen-bond acceptors (Lipinski definition) is 3. The summed E-state index contributed by atoms with van der Waals surface area (Å²) in [5.41, 5.74) is 0.876. The highest BCUT2D eigenvalue weighted by molar-refractivity contribution is 6.11. The highest BCUT2D eigenvalue weighted by Gasteiger charge is 2.54. The first kappa shape index (κ1) is 22.3. The number of hydrogen-bond donors (Lipinski definition) is 2.